The van der Waals surface area contributed by atoms with E-state index < -0.39 is 0 Å². The van der Waals surface area contributed by atoms with Crippen LogP contribution in [0.5, 0.6) is 0 Å². The average Bonchev–Trinajstić information content (AvgIpc) is 1.41. The minimum Gasteiger partial charge on any atom is -0.306 e. The minimum absolute atomic E-state index is 0.618. The van der Waals surface area contributed by atoms with Gasteiger partial charge in [0.2, 0.25) is 0 Å². The molecule has 17 rings (SSSR count). The van der Waals surface area contributed by atoms with Crippen LogP contribution in [0.4, 0.5) is 0 Å². The lowest BCUT2D eigenvalue weighted by Crippen LogP contribution is -2.17. The summed E-state index contributed by atoms with van der Waals surface area (Å²) in [5.41, 5.74) is 23.5. The summed E-state index contributed by atoms with van der Waals surface area (Å²) in [4.78, 5) is 16.6. The predicted octanol–water partition coefficient (Wildman–Crippen LogP) is 20.2. The van der Waals surface area contributed by atoms with Crippen LogP contribution in [0.2, 0.25) is 0 Å². The fourth-order valence-electron chi connectivity index (χ4n) is 14.0. The van der Waals surface area contributed by atoms with Gasteiger partial charge in [-0.2, -0.15) is 0 Å². The van der Waals surface area contributed by atoms with Crippen LogP contribution in [0, 0.1) is 27.7 Å². The Bertz CT molecular complexity index is 5570. The maximum atomic E-state index is 5.98. The highest BCUT2D eigenvalue weighted by Crippen LogP contribution is 2.55. The Hall–Kier alpha value is -11.2. The van der Waals surface area contributed by atoms with E-state index >= 15 is 0 Å². The minimum atomic E-state index is 0.618. The van der Waals surface area contributed by atoms with E-state index in [4.69, 9.17) is 15.0 Å². The van der Waals surface area contributed by atoms with Gasteiger partial charge in [0.25, 0.3) is 0 Å². The van der Waals surface area contributed by atoms with Gasteiger partial charge in [-0.15, -0.1) is 0 Å². The van der Waals surface area contributed by atoms with E-state index in [0.29, 0.717) is 5.82 Å². The zero-order valence-electron chi connectivity index (χ0n) is 48.0. The van der Waals surface area contributed by atoms with E-state index in [1.54, 1.807) is 0 Å². The molecule has 0 unspecified atom stereocenters. The summed E-state index contributed by atoms with van der Waals surface area (Å²) in [6.45, 7) is 8.80. The Morgan fingerprint density at radius 1 is 0.256 bits per heavy atom. The average molecular weight is 1100 g/mol. The third-order valence-electron chi connectivity index (χ3n) is 17.6. The van der Waals surface area contributed by atoms with E-state index in [1.165, 1.54) is 38.4 Å². The molecule has 7 nitrogen and oxygen atoms in total. The molecule has 406 valence electrons. The molecule has 0 fully saturated rings. The second-order valence-corrected chi connectivity index (χ2v) is 23.1. The summed E-state index contributed by atoms with van der Waals surface area (Å²) in [5.74, 6) is 0.618. The van der Waals surface area contributed by atoms with Crippen LogP contribution in [0.1, 0.15) is 22.3 Å². The number of rotatable bonds is 8. The number of pyridine rings is 1. The molecule has 0 aliphatic rings. The summed E-state index contributed by atoms with van der Waals surface area (Å²) in [6.07, 6.45) is 3.94. The molecular weight excluding hydrogens is 1050 g/mol. The van der Waals surface area contributed by atoms with Gasteiger partial charge >= 0.3 is 0 Å². The van der Waals surface area contributed by atoms with Gasteiger partial charge in [-0.3, -0.25) is 4.98 Å². The monoisotopic (exact) mass is 1100 g/mol. The Labute approximate surface area is 496 Å². The molecule has 6 aromatic heterocycles. The lowest BCUT2D eigenvalue weighted by molar-refractivity contribution is 1.02. The number of hydrogen-bond acceptors (Lipinski definition) is 3. The fourth-order valence-corrected chi connectivity index (χ4v) is 14.0. The lowest BCUT2D eigenvalue weighted by atomic mass is 9.90. The van der Waals surface area contributed by atoms with Crippen molar-refractivity contribution in [1.82, 2.24) is 33.2 Å². The first-order valence-electron chi connectivity index (χ1n) is 29.5. The van der Waals surface area contributed by atoms with Crippen molar-refractivity contribution in [3.05, 3.63) is 283 Å². The highest BCUT2D eigenvalue weighted by atomic mass is 15.1. The molecule has 7 heteroatoms. The molecule has 0 aliphatic heterocycles. The zero-order chi connectivity index (χ0) is 57.3. The molecule has 0 radical (unpaired) electrons. The number of hydrogen-bond donors (Lipinski definition) is 0. The summed E-state index contributed by atoms with van der Waals surface area (Å²) in [7, 11) is 0. The van der Waals surface area contributed by atoms with Crippen molar-refractivity contribution in [2.24, 2.45) is 0 Å². The largest absolute Gasteiger partial charge is 0.306 e. The number of para-hydroxylation sites is 4. The second-order valence-electron chi connectivity index (χ2n) is 23.1. The molecule has 86 heavy (non-hydrogen) atoms. The quantitative estimate of drug-likeness (QED) is 0.152. The van der Waals surface area contributed by atoms with Crippen molar-refractivity contribution in [2.75, 3.05) is 0 Å². The van der Waals surface area contributed by atoms with Crippen molar-refractivity contribution in [3.63, 3.8) is 0 Å². The van der Waals surface area contributed by atoms with Gasteiger partial charge in [0.05, 0.1) is 78.3 Å². The normalized spacial score (nSPS) is 12.0. The van der Waals surface area contributed by atoms with Gasteiger partial charge in [-0.25, -0.2) is 9.97 Å². The Morgan fingerprint density at radius 3 is 1.00 bits per heavy atom. The molecule has 0 amide bonds. The summed E-state index contributed by atoms with van der Waals surface area (Å²) >= 11 is 0. The first-order chi connectivity index (χ1) is 42.3. The standard InChI is InChI=1S/C79H55N7/c1-48-33-37-69-59(42-48)55-25-11-15-29-65(55)83(69)75-73(54-24-19-41-80-47-54)74(64-46-63(52-20-7-5-8-21-52)81-79(82-64)53-22-9-6-10-23-53)76(84-66-30-16-12-26-56(66)60-43-49(2)34-38-70(60)84)78(86-68-32-18-14-28-58(68)62-45-51(4)36-40-72(62)86)77(75)85-67-31-17-13-27-57(67)61-44-50(3)35-39-71(61)85/h5-47H,1-4H3. The van der Waals surface area contributed by atoms with E-state index in [2.05, 4.69) is 301 Å². The smallest absolute Gasteiger partial charge is 0.160 e. The molecule has 0 bridgehead atoms. The molecular formula is C79H55N7. The molecule has 0 aliphatic carbocycles. The number of benzene rings is 11. The van der Waals surface area contributed by atoms with Gasteiger partial charge in [0, 0.05) is 83.3 Å². The van der Waals surface area contributed by atoms with Gasteiger partial charge in [-0.05, 0) is 113 Å². The molecule has 6 heterocycles. The van der Waals surface area contributed by atoms with Crippen molar-refractivity contribution in [2.45, 2.75) is 27.7 Å². The maximum Gasteiger partial charge on any atom is 0.160 e. The van der Waals surface area contributed by atoms with Gasteiger partial charge in [0.1, 0.15) is 0 Å². The zero-order valence-corrected chi connectivity index (χ0v) is 48.0. The van der Waals surface area contributed by atoms with Crippen molar-refractivity contribution in [1.29, 1.82) is 0 Å². The SMILES string of the molecule is Cc1ccc2c(c1)c1ccccc1n2-c1c(-c2cccnc2)c(-c2cc(-c3ccccc3)nc(-c3ccccc3)n2)c(-n2c3ccccc3c3cc(C)ccc32)c(-n2c3ccccc3c3cc(C)ccc32)c1-n1c2ccccc2c2cc(C)ccc21. The molecule has 0 atom stereocenters. The third kappa shape index (κ3) is 7.44. The summed E-state index contributed by atoms with van der Waals surface area (Å²) in [6, 6.07) is 91.3. The lowest BCUT2D eigenvalue weighted by Gasteiger charge is -2.31. The predicted molar refractivity (Wildman–Crippen MR) is 358 cm³/mol. The first kappa shape index (κ1) is 49.5. The fraction of sp³-hybridized carbons (Fsp3) is 0.0506. The Morgan fingerprint density at radius 2 is 0.593 bits per heavy atom. The molecule has 0 saturated heterocycles. The van der Waals surface area contributed by atoms with Crippen LogP contribution in [0.3, 0.4) is 0 Å². The van der Waals surface area contributed by atoms with Crippen LogP contribution < -0.4 is 0 Å². The van der Waals surface area contributed by atoms with Crippen molar-refractivity contribution < 1.29 is 0 Å². The molecule has 17 aromatic rings. The van der Waals surface area contributed by atoms with Gasteiger partial charge in [-0.1, -0.05) is 186 Å². The highest BCUT2D eigenvalue weighted by molar-refractivity contribution is 6.19. The summed E-state index contributed by atoms with van der Waals surface area (Å²) in [5, 5.41) is 9.29. The van der Waals surface area contributed by atoms with Crippen LogP contribution in [0.25, 0.3) is 155 Å². The number of nitrogens with zero attached hydrogens (tertiary/aromatic N) is 7. The first-order valence-corrected chi connectivity index (χ1v) is 29.5. The molecule has 0 spiro atoms. The van der Waals surface area contributed by atoms with Crippen LogP contribution in [-0.2, 0) is 0 Å². The molecule has 0 N–H and O–H groups in total. The summed E-state index contributed by atoms with van der Waals surface area (Å²) < 4.78 is 10.3. The van der Waals surface area contributed by atoms with Crippen molar-refractivity contribution >= 4 is 87.2 Å². The maximum absolute atomic E-state index is 5.98. The number of aryl methyl sites for hydroxylation is 4. The topological polar surface area (TPSA) is 58.4 Å². The Balaban J connectivity index is 1.26. The highest BCUT2D eigenvalue weighted by Gasteiger charge is 2.36. The van der Waals surface area contributed by atoms with Gasteiger partial charge < -0.3 is 18.3 Å². The number of fused-ring (bicyclic) bond motifs is 12. The molecule has 11 aromatic carbocycles. The van der Waals surface area contributed by atoms with Crippen LogP contribution >= 0.6 is 0 Å². The molecule has 0 saturated carbocycles. The van der Waals surface area contributed by atoms with E-state index in [0.717, 1.165) is 133 Å². The van der Waals surface area contributed by atoms with E-state index in [1.807, 2.05) is 6.20 Å². The number of aromatic nitrogens is 7. The van der Waals surface area contributed by atoms with Crippen molar-refractivity contribution in [3.8, 4) is 67.8 Å². The Kier molecular flexibility index (Phi) is 11.0. The van der Waals surface area contributed by atoms with Crippen LogP contribution in [-0.4, -0.2) is 33.2 Å². The second kappa shape index (κ2) is 19.2. The van der Waals surface area contributed by atoms with E-state index in [9.17, 15) is 0 Å². The van der Waals surface area contributed by atoms with E-state index in [-0.39, 0.29) is 0 Å². The van der Waals surface area contributed by atoms with Gasteiger partial charge in [0.15, 0.2) is 5.82 Å². The van der Waals surface area contributed by atoms with Crippen LogP contribution in [0.15, 0.2) is 261 Å². The third-order valence-corrected chi connectivity index (χ3v) is 17.6.